The van der Waals surface area contributed by atoms with Crippen molar-refractivity contribution in [3.05, 3.63) is 82.1 Å². The number of carbonyl (C=O) groups is 1. The van der Waals surface area contributed by atoms with Crippen molar-refractivity contribution in [1.82, 2.24) is 15.3 Å². The third-order valence-corrected chi connectivity index (χ3v) is 4.06. The Morgan fingerprint density at radius 2 is 1.81 bits per heavy atom. The highest BCUT2D eigenvalue weighted by Crippen LogP contribution is 2.23. The molecule has 0 bridgehead atoms. The lowest BCUT2D eigenvalue weighted by atomic mass is 10.2. The number of aryl methyl sites for hydroxylation is 2. The highest BCUT2D eigenvalue weighted by Gasteiger charge is 2.11. The van der Waals surface area contributed by atoms with Crippen molar-refractivity contribution in [2.75, 3.05) is 5.32 Å². The summed E-state index contributed by atoms with van der Waals surface area (Å²) in [5.41, 5.74) is 3.86. The quantitative estimate of drug-likeness (QED) is 0.701. The van der Waals surface area contributed by atoms with Gasteiger partial charge in [-0.1, -0.05) is 48.0 Å². The SMILES string of the molecule is Cc1cc(C(=O)NCc2ccccc2)nc(Nc2cc(Cl)ccc2C)n1. The van der Waals surface area contributed by atoms with Crippen LogP contribution >= 0.6 is 11.6 Å². The normalized spacial score (nSPS) is 10.4. The third-order valence-electron chi connectivity index (χ3n) is 3.83. The summed E-state index contributed by atoms with van der Waals surface area (Å²) in [5, 5.41) is 6.63. The van der Waals surface area contributed by atoms with Gasteiger partial charge in [0.25, 0.3) is 5.91 Å². The number of rotatable bonds is 5. The highest BCUT2D eigenvalue weighted by molar-refractivity contribution is 6.30. The second-order valence-corrected chi connectivity index (χ2v) is 6.41. The molecule has 3 aromatic rings. The molecule has 0 saturated heterocycles. The molecule has 0 atom stereocenters. The summed E-state index contributed by atoms with van der Waals surface area (Å²) >= 11 is 6.05. The van der Waals surface area contributed by atoms with E-state index in [1.165, 1.54) is 0 Å². The average molecular weight is 367 g/mol. The maximum Gasteiger partial charge on any atom is 0.270 e. The first-order valence-corrected chi connectivity index (χ1v) is 8.60. The molecular formula is C20H19ClN4O. The summed E-state index contributed by atoms with van der Waals surface area (Å²) in [4.78, 5) is 21.1. The third kappa shape index (κ3) is 4.58. The molecule has 6 heteroatoms. The molecule has 0 radical (unpaired) electrons. The molecule has 0 spiro atoms. The fourth-order valence-electron chi connectivity index (χ4n) is 2.46. The zero-order valence-corrected chi connectivity index (χ0v) is 15.3. The van der Waals surface area contributed by atoms with Crippen molar-refractivity contribution in [2.45, 2.75) is 20.4 Å². The molecule has 5 nitrogen and oxygen atoms in total. The van der Waals surface area contributed by atoms with Crippen LogP contribution in [0.25, 0.3) is 0 Å². The molecule has 1 heterocycles. The van der Waals surface area contributed by atoms with Crippen LogP contribution in [0.15, 0.2) is 54.6 Å². The first kappa shape index (κ1) is 17.9. The number of halogens is 1. The Bertz CT molecular complexity index is 928. The Balaban J connectivity index is 1.76. The predicted molar refractivity (Wildman–Crippen MR) is 104 cm³/mol. The number of amides is 1. The molecule has 132 valence electrons. The van der Waals surface area contributed by atoms with Crippen molar-refractivity contribution in [2.24, 2.45) is 0 Å². The molecule has 0 saturated carbocycles. The molecule has 3 rings (SSSR count). The van der Waals surface area contributed by atoms with E-state index in [0.717, 1.165) is 16.8 Å². The van der Waals surface area contributed by atoms with Crippen molar-refractivity contribution in [3.63, 3.8) is 0 Å². The average Bonchev–Trinajstić information content (AvgIpc) is 2.63. The lowest BCUT2D eigenvalue weighted by molar-refractivity contribution is 0.0945. The number of aromatic nitrogens is 2. The minimum atomic E-state index is -0.245. The molecule has 0 aliphatic carbocycles. The summed E-state index contributed by atoms with van der Waals surface area (Å²) in [6, 6.07) is 16.9. The first-order valence-electron chi connectivity index (χ1n) is 8.22. The Morgan fingerprint density at radius 3 is 2.58 bits per heavy atom. The smallest absolute Gasteiger partial charge is 0.270 e. The van der Waals surface area contributed by atoms with Gasteiger partial charge in [0.1, 0.15) is 5.69 Å². The highest BCUT2D eigenvalue weighted by atomic mass is 35.5. The van der Waals surface area contributed by atoms with Gasteiger partial charge in [0.2, 0.25) is 5.95 Å². The molecule has 2 aromatic carbocycles. The molecule has 1 aromatic heterocycles. The molecule has 2 N–H and O–H groups in total. The van der Waals surface area contributed by atoms with Gasteiger partial charge in [0.05, 0.1) is 0 Å². The van der Waals surface area contributed by atoms with Gasteiger partial charge in [-0.25, -0.2) is 9.97 Å². The molecule has 1 amide bonds. The Labute approximate surface area is 157 Å². The van der Waals surface area contributed by atoms with Crippen LogP contribution < -0.4 is 10.6 Å². The fourth-order valence-corrected chi connectivity index (χ4v) is 2.63. The minimum absolute atomic E-state index is 0.245. The number of hydrogen-bond donors (Lipinski definition) is 2. The molecule has 26 heavy (non-hydrogen) atoms. The van der Waals surface area contributed by atoms with E-state index in [1.54, 1.807) is 12.1 Å². The van der Waals surface area contributed by atoms with Crippen LogP contribution in [0.4, 0.5) is 11.6 Å². The van der Waals surface area contributed by atoms with Crippen LogP contribution in [0, 0.1) is 13.8 Å². The summed E-state index contributed by atoms with van der Waals surface area (Å²) in [7, 11) is 0. The Kier molecular flexibility index (Phi) is 5.49. The van der Waals surface area contributed by atoms with E-state index in [-0.39, 0.29) is 5.91 Å². The topological polar surface area (TPSA) is 66.9 Å². The number of nitrogens with one attached hydrogen (secondary N) is 2. The molecule has 0 fully saturated rings. The van der Waals surface area contributed by atoms with Crippen LogP contribution in [-0.2, 0) is 6.54 Å². The monoisotopic (exact) mass is 366 g/mol. The maximum atomic E-state index is 12.4. The molecule has 0 aliphatic heterocycles. The van der Waals surface area contributed by atoms with Crippen LogP contribution in [0.2, 0.25) is 5.02 Å². The summed E-state index contributed by atoms with van der Waals surface area (Å²) in [6.45, 7) is 4.23. The molecule has 0 aliphatic rings. The number of carbonyl (C=O) groups excluding carboxylic acids is 1. The second kappa shape index (κ2) is 7.97. The number of nitrogens with zero attached hydrogens (tertiary/aromatic N) is 2. The first-order chi connectivity index (χ1) is 12.5. The van der Waals surface area contributed by atoms with Gasteiger partial charge in [-0.3, -0.25) is 4.79 Å². The van der Waals surface area contributed by atoms with Crippen LogP contribution in [0.5, 0.6) is 0 Å². The van der Waals surface area contributed by atoms with Crippen LogP contribution in [0.3, 0.4) is 0 Å². The van der Waals surface area contributed by atoms with E-state index in [4.69, 9.17) is 11.6 Å². The predicted octanol–water partition coefficient (Wildman–Crippen LogP) is 4.42. The largest absolute Gasteiger partial charge is 0.347 e. The lowest BCUT2D eigenvalue weighted by Gasteiger charge is -2.11. The number of hydrogen-bond acceptors (Lipinski definition) is 4. The summed E-state index contributed by atoms with van der Waals surface area (Å²) < 4.78 is 0. The Morgan fingerprint density at radius 1 is 1.04 bits per heavy atom. The van der Waals surface area contributed by atoms with E-state index < -0.39 is 0 Å². The van der Waals surface area contributed by atoms with E-state index in [9.17, 15) is 4.79 Å². The van der Waals surface area contributed by atoms with Gasteiger partial charge in [-0.15, -0.1) is 0 Å². The van der Waals surface area contributed by atoms with E-state index >= 15 is 0 Å². The van der Waals surface area contributed by atoms with E-state index in [0.29, 0.717) is 28.9 Å². The maximum absolute atomic E-state index is 12.4. The zero-order valence-electron chi connectivity index (χ0n) is 14.6. The minimum Gasteiger partial charge on any atom is -0.347 e. The molecule has 0 unspecified atom stereocenters. The van der Waals surface area contributed by atoms with Crippen molar-refractivity contribution < 1.29 is 4.79 Å². The lowest BCUT2D eigenvalue weighted by Crippen LogP contribution is -2.24. The molecular weight excluding hydrogens is 348 g/mol. The van der Waals surface area contributed by atoms with E-state index in [2.05, 4.69) is 20.6 Å². The number of anilines is 2. The fraction of sp³-hybridized carbons (Fsp3) is 0.150. The number of benzene rings is 2. The Hall–Kier alpha value is -2.92. The van der Waals surface area contributed by atoms with Crippen LogP contribution in [-0.4, -0.2) is 15.9 Å². The van der Waals surface area contributed by atoms with Gasteiger partial charge in [0, 0.05) is 22.9 Å². The summed E-state index contributed by atoms with van der Waals surface area (Å²) in [6.07, 6.45) is 0. The van der Waals surface area contributed by atoms with Crippen molar-refractivity contribution >= 4 is 29.1 Å². The second-order valence-electron chi connectivity index (χ2n) is 5.97. The van der Waals surface area contributed by atoms with E-state index in [1.807, 2.05) is 56.3 Å². The van der Waals surface area contributed by atoms with Gasteiger partial charge in [-0.05, 0) is 43.2 Å². The van der Waals surface area contributed by atoms with Gasteiger partial charge in [0.15, 0.2) is 0 Å². The van der Waals surface area contributed by atoms with Gasteiger partial charge in [-0.2, -0.15) is 0 Å². The van der Waals surface area contributed by atoms with Gasteiger partial charge < -0.3 is 10.6 Å². The van der Waals surface area contributed by atoms with Crippen molar-refractivity contribution in [3.8, 4) is 0 Å². The summed E-state index contributed by atoms with van der Waals surface area (Å²) in [5.74, 6) is 0.116. The van der Waals surface area contributed by atoms with Gasteiger partial charge >= 0.3 is 0 Å². The van der Waals surface area contributed by atoms with Crippen molar-refractivity contribution in [1.29, 1.82) is 0 Å². The standard InChI is InChI=1S/C20H19ClN4O/c1-13-8-9-16(21)11-17(13)24-20-23-14(2)10-18(25-20)19(26)22-12-15-6-4-3-5-7-15/h3-11H,12H2,1-2H3,(H,22,26)(H,23,24,25). The zero-order chi connectivity index (χ0) is 18.5. The van der Waals surface area contributed by atoms with Crippen LogP contribution in [0.1, 0.15) is 27.3 Å².